The van der Waals surface area contributed by atoms with Crippen molar-refractivity contribution in [3.8, 4) is 0 Å². The molecule has 1 amide bonds. The second-order valence-corrected chi connectivity index (χ2v) is 8.50. The molecular weight excluding hydrogens is 357 g/mol. The van der Waals surface area contributed by atoms with Crippen molar-refractivity contribution in [2.24, 2.45) is 0 Å². The van der Waals surface area contributed by atoms with Gasteiger partial charge in [0.1, 0.15) is 5.82 Å². The highest BCUT2D eigenvalue weighted by atomic mass is 35.5. The lowest BCUT2D eigenvalue weighted by molar-refractivity contribution is -0.132. The molecule has 0 N–H and O–H groups in total. The van der Waals surface area contributed by atoms with Crippen molar-refractivity contribution >= 4 is 27.3 Å². The van der Waals surface area contributed by atoms with Crippen molar-refractivity contribution in [2.75, 3.05) is 31.8 Å². The zero-order valence-electron chi connectivity index (χ0n) is 13.5. The second-order valence-electron chi connectivity index (χ2n) is 5.87. The van der Waals surface area contributed by atoms with Crippen LogP contribution in [-0.4, -0.2) is 57.0 Å². The smallest absolute Gasteiger partial charge is 0.227 e. The SMILES string of the molecule is COCCCN(C(=O)Cc1c(F)cccc1Cl)C1CCS(=O)(=O)C1. The van der Waals surface area contributed by atoms with Crippen molar-refractivity contribution < 1.29 is 22.3 Å². The monoisotopic (exact) mass is 377 g/mol. The molecule has 2 rings (SSSR count). The Morgan fingerprint density at radius 3 is 2.79 bits per heavy atom. The summed E-state index contributed by atoms with van der Waals surface area (Å²) in [6, 6.07) is 3.89. The van der Waals surface area contributed by atoms with Crippen molar-refractivity contribution in [3.63, 3.8) is 0 Å². The molecule has 0 aromatic heterocycles. The van der Waals surface area contributed by atoms with Gasteiger partial charge in [0.15, 0.2) is 9.84 Å². The maximum Gasteiger partial charge on any atom is 0.227 e. The van der Waals surface area contributed by atoms with Crippen LogP contribution >= 0.6 is 11.6 Å². The number of carbonyl (C=O) groups excluding carboxylic acids is 1. The maximum absolute atomic E-state index is 13.9. The first-order valence-corrected chi connectivity index (χ1v) is 9.95. The number of methoxy groups -OCH3 is 1. The van der Waals surface area contributed by atoms with Crippen LogP contribution in [0.25, 0.3) is 0 Å². The Hall–Kier alpha value is -1.18. The number of rotatable bonds is 7. The summed E-state index contributed by atoms with van der Waals surface area (Å²) < 4.78 is 42.3. The molecule has 134 valence electrons. The van der Waals surface area contributed by atoms with Crippen LogP contribution in [0.5, 0.6) is 0 Å². The van der Waals surface area contributed by atoms with Gasteiger partial charge >= 0.3 is 0 Å². The van der Waals surface area contributed by atoms with Crippen LogP contribution < -0.4 is 0 Å². The van der Waals surface area contributed by atoms with Gasteiger partial charge in [-0.1, -0.05) is 17.7 Å². The molecule has 0 spiro atoms. The summed E-state index contributed by atoms with van der Waals surface area (Å²) in [5.41, 5.74) is 0.141. The van der Waals surface area contributed by atoms with E-state index in [1.165, 1.54) is 23.1 Å². The van der Waals surface area contributed by atoms with Crippen LogP contribution in [0, 0.1) is 5.82 Å². The number of hydrogen-bond acceptors (Lipinski definition) is 4. The normalized spacial score (nSPS) is 19.4. The van der Waals surface area contributed by atoms with E-state index in [4.69, 9.17) is 16.3 Å². The molecule has 1 fully saturated rings. The molecule has 1 aromatic carbocycles. The first-order chi connectivity index (χ1) is 11.3. The maximum atomic E-state index is 13.9. The highest BCUT2D eigenvalue weighted by molar-refractivity contribution is 7.91. The van der Waals surface area contributed by atoms with Crippen LogP contribution in [-0.2, 0) is 25.8 Å². The van der Waals surface area contributed by atoms with E-state index in [2.05, 4.69) is 0 Å². The number of hydrogen-bond donors (Lipinski definition) is 0. The molecule has 24 heavy (non-hydrogen) atoms. The predicted octanol–water partition coefficient (Wildman–Crippen LogP) is 2.07. The predicted molar refractivity (Wildman–Crippen MR) is 90.4 cm³/mol. The molecule has 1 aromatic rings. The average molecular weight is 378 g/mol. The number of nitrogens with zero attached hydrogens (tertiary/aromatic N) is 1. The van der Waals surface area contributed by atoms with E-state index in [1.807, 2.05) is 0 Å². The van der Waals surface area contributed by atoms with E-state index in [-0.39, 0.29) is 40.5 Å². The average Bonchev–Trinajstić information content (AvgIpc) is 2.87. The first kappa shape index (κ1) is 19.1. The Kier molecular flexibility index (Phi) is 6.60. The molecule has 1 aliphatic heterocycles. The van der Waals surface area contributed by atoms with E-state index in [0.29, 0.717) is 26.0 Å². The van der Waals surface area contributed by atoms with Gasteiger partial charge in [0.05, 0.1) is 17.9 Å². The van der Waals surface area contributed by atoms with Crippen LogP contribution in [0.1, 0.15) is 18.4 Å². The minimum absolute atomic E-state index is 0.0449. The molecule has 8 heteroatoms. The lowest BCUT2D eigenvalue weighted by atomic mass is 10.1. The minimum Gasteiger partial charge on any atom is -0.385 e. The molecule has 1 aliphatic rings. The van der Waals surface area contributed by atoms with E-state index >= 15 is 0 Å². The molecule has 1 heterocycles. The summed E-state index contributed by atoms with van der Waals surface area (Å²) >= 11 is 5.98. The topological polar surface area (TPSA) is 63.7 Å². The van der Waals surface area contributed by atoms with Gasteiger partial charge in [0.2, 0.25) is 5.91 Å². The summed E-state index contributed by atoms with van der Waals surface area (Å²) in [5, 5.41) is 0.194. The fourth-order valence-electron chi connectivity index (χ4n) is 2.87. The summed E-state index contributed by atoms with van der Waals surface area (Å²) in [5.74, 6) is -0.824. The minimum atomic E-state index is -3.12. The third-order valence-corrected chi connectivity index (χ3v) is 6.21. The van der Waals surface area contributed by atoms with Gasteiger partial charge in [-0.15, -0.1) is 0 Å². The van der Waals surface area contributed by atoms with Crippen molar-refractivity contribution in [2.45, 2.75) is 25.3 Å². The van der Waals surface area contributed by atoms with Gasteiger partial charge in [0.25, 0.3) is 0 Å². The molecule has 0 aliphatic carbocycles. The summed E-state index contributed by atoms with van der Waals surface area (Å²) in [6.07, 6.45) is 0.810. The third kappa shape index (κ3) is 4.91. The Morgan fingerprint density at radius 2 is 2.21 bits per heavy atom. The highest BCUT2D eigenvalue weighted by Gasteiger charge is 2.34. The molecule has 0 bridgehead atoms. The summed E-state index contributed by atoms with van der Waals surface area (Å²) in [6.45, 7) is 0.836. The lowest BCUT2D eigenvalue weighted by Gasteiger charge is -2.28. The van der Waals surface area contributed by atoms with Gasteiger partial charge in [0, 0.05) is 36.9 Å². The van der Waals surface area contributed by atoms with Gasteiger partial charge in [-0.05, 0) is 25.0 Å². The van der Waals surface area contributed by atoms with E-state index in [0.717, 1.165) is 0 Å². The van der Waals surface area contributed by atoms with Gasteiger partial charge in [-0.25, -0.2) is 12.8 Å². The fourth-order valence-corrected chi connectivity index (χ4v) is 4.83. The number of amides is 1. The first-order valence-electron chi connectivity index (χ1n) is 7.76. The lowest BCUT2D eigenvalue weighted by Crippen LogP contribution is -2.43. The van der Waals surface area contributed by atoms with E-state index < -0.39 is 15.7 Å². The largest absolute Gasteiger partial charge is 0.385 e. The van der Waals surface area contributed by atoms with Gasteiger partial charge in [-0.3, -0.25) is 4.79 Å². The summed E-state index contributed by atoms with van der Waals surface area (Å²) in [4.78, 5) is 14.2. The zero-order valence-corrected chi connectivity index (χ0v) is 15.1. The highest BCUT2D eigenvalue weighted by Crippen LogP contribution is 2.23. The van der Waals surface area contributed by atoms with E-state index in [1.54, 1.807) is 7.11 Å². The van der Waals surface area contributed by atoms with Gasteiger partial charge < -0.3 is 9.64 Å². The van der Waals surface area contributed by atoms with E-state index in [9.17, 15) is 17.6 Å². The van der Waals surface area contributed by atoms with Crippen LogP contribution in [0.15, 0.2) is 18.2 Å². The standard InChI is InChI=1S/C16H21ClFNO4S/c1-23-8-3-7-19(12-6-9-24(21,22)11-12)16(20)10-13-14(17)4-2-5-15(13)18/h2,4-5,12H,3,6-11H2,1H3. The Labute approximate surface area is 146 Å². The number of benzene rings is 1. The number of carbonyl (C=O) groups is 1. The van der Waals surface area contributed by atoms with Crippen LogP contribution in [0.3, 0.4) is 0 Å². The quantitative estimate of drug-likeness (QED) is 0.682. The zero-order chi connectivity index (χ0) is 17.7. The van der Waals surface area contributed by atoms with Crippen LogP contribution in [0.2, 0.25) is 5.02 Å². The van der Waals surface area contributed by atoms with Crippen molar-refractivity contribution in [1.29, 1.82) is 0 Å². The Bertz CT molecular complexity index is 675. The molecule has 1 unspecified atom stereocenters. The fraction of sp³-hybridized carbons (Fsp3) is 0.562. The molecule has 1 atom stereocenters. The molecule has 0 saturated carbocycles. The molecular formula is C16H21ClFNO4S. The molecule has 0 radical (unpaired) electrons. The third-order valence-electron chi connectivity index (χ3n) is 4.11. The Balaban J connectivity index is 2.15. The van der Waals surface area contributed by atoms with Crippen molar-refractivity contribution in [1.82, 2.24) is 4.90 Å². The van der Waals surface area contributed by atoms with Crippen molar-refractivity contribution in [3.05, 3.63) is 34.6 Å². The van der Waals surface area contributed by atoms with Crippen LogP contribution in [0.4, 0.5) is 4.39 Å². The number of halogens is 2. The second kappa shape index (κ2) is 8.27. The number of ether oxygens (including phenoxy) is 1. The van der Waals surface area contributed by atoms with Gasteiger partial charge in [-0.2, -0.15) is 0 Å². The molecule has 5 nitrogen and oxygen atoms in total. The Morgan fingerprint density at radius 1 is 1.46 bits per heavy atom. The summed E-state index contributed by atoms with van der Waals surface area (Å²) in [7, 11) is -1.56. The number of sulfone groups is 1. The molecule has 1 saturated heterocycles.